The molecular weight excluding hydrogens is 180 g/mol. The summed E-state index contributed by atoms with van der Waals surface area (Å²) in [5, 5.41) is 0. The molecule has 0 aromatic rings. The van der Waals surface area contributed by atoms with Gasteiger partial charge in [-0.15, -0.1) is 0 Å². The average molecular weight is 210 g/mol. The van der Waals surface area contributed by atoms with Crippen LogP contribution in [0.1, 0.15) is 72.6 Å². The van der Waals surface area contributed by atoms with Crippen LogP contribution in [-0.4, -0.2) is 0 Å². The molecule has 4 unspecified atom stereocenters. The van der Waals surface area contributed by atoms with Gasteiger partial charge < -0.3 is 0 Å². The van der Waals surface area contributed by atoms with E-state index in [1.165, 1.54) is 44.9 Å². The van der Waals surface area contributed by atoms with Gasteiger partial charge in [0.05, 0.1) is 0 Å². The topological polar surface area (TPSA) is 0 Å². The summed E-state index contributed by atoms with van der Waals surface area (Å²) in [5.41, 5.74) is 0. The molecule has 0 nitrogen and oxygen atoms in total. The lowest BCUT2D eigenvalue weighted by Crippen LogP contribution is -2.18. The van der Waals surface area contributed by atoms with Crippen LogP contribution < -0.4 is 0 Å². The molecule has 0 saturated heterocycles. The Morgan fingerprint density at radius 1 is 0.667 bits per heavy atom. The van der Waals surface area contributed by atoms with Crippen molar-refractivity contribution in [2.75, 3.05) is 0 Å². The van der Waals surface area contributed by atoms with E-state index < -0.39 is 0 Å². The molecule has 0 amide bonds. The van der Waals surface area contributed by atoms with Crippen molar-refractivity contribution < 1.29 is 0 Å². The van der Waals surface area contributed by atoms with Gasteiger partial charge in [-0.1, -0.05) is 66.2 Å². The largest absolute Gasteiger partial charge is 0.0625 e. The normalized spacial score (nSPS) is 40.8. The molecule has 1 saturated carbocycles. The van der Waals surface area contributed by atoms with Crippen LogP contribution >= 0.6 is 0 Å². The molecule has 0 aromatic heterocycles. The van der Waals surface area contributed by atoms with Crippen LogP contribution in [-0.2, 0) is 0 Å². The summed E-state index contributed by atoms with van der Waals surface area (Å²) in [4.78, 5) is 0. The molecule has 0 aliphatic heterocycles. The molecule has 90 valence electrons. The fourth-order valence-electron chi connectivity index (χ4n) is 3.10. The van der Waals surface area contributed by atoms with Gasteiger partial charge in [0, 0.05) is 0 Å². The van der Waals surface area contributed by atoms with Crippen LogP contribution in [0.15, 0.2) is 0 Å². The third-order valence-electron chi connectivity index (χ3n) is 4.68. The summed E-state index contributed by atoms with van der Waals surface area (Å²) >= 11 is 0. The van der Waals surface area contributed by atoms with Crippen molar-refractivity contribution in [2.45, 2.75) is 72.6 Å². The minimum absolute atomic E-state index is 0.922. The maximum Gasteiger partial charge on any atom is -0.0391 e. The first kappa shape index (κ1) is 13.1. The Morgan fingerprint density at radius 3 is 1.93 bits per heavy atom. The zero-order valence-corrected chi connectivity index (χ0v) is 11.3. The van der Waals surface area contributed by atoms with Crippen LogP contribution in [0.25, 0.3) is 0 Å². The van der Waals surface area contributed by atoms with Crippen LogP contribution in [0.4, 0.5) is 0 Å². The van der Waals surface area contributed by atoms with Crippen LogP contribution in [0.2, 0.25) is 0 Å². The van der Waals surface area contributed by atoms with Gasteiger partial charge >= 0.3 is 0 Å². The summed E-state index contributed by atoms with van der Waals surface area (Å²) in [6.07, 6.45) is 10.2. The third kappa shape index (κ3) is 4.57. The Kier molecular flexibility index (Phi) is 5.71. The quantitative estimate of drug-likeness (QED) is 0.510. The van der Waals surface area contributed by atoms with E-state index in [0.717, 1.165) is 23.7 Å². The van der Waals surface area contributed by atoms with E-state index in [1.807, 2.05) is 0 Å². The van der Waals surface area contributed by atoms with Crippen LogP contribution in [0, 0.1) is 23.7 Å². The lowest BCUT2D eigenvalue weighted by Gasteiger charge is -2.27. The molecule has 0 spiro atoms. The van der Waals surface area contributed by atoms with Gasteiger partial charge in [0.2, 0.25) is 0 Å². The highest BCUT2D eigenvalue weighted by Gasteiger charge is 2.21. The first-order valence-corrected chi connectivity index (χ1v) is 7.11. The summed E-state index contributed by atoms with van der Waals surface area (Å²) in [6.45, 7) is 9.85. The Hall–Kier alpha value is 0. The van der Waals surface area contributed by atoms with Crippen molar-refractivity contribution in [3.05, 3.63) is 0 Å². The molecule has 1 aliphatic carbocycles. The summed E-state index contributed by atoms with van der Waals surface area (Å²) in [5.74, 6) is 3.73. The maximum absolute atomic E-state index is 2.47. The summed E-state index contributed by atoms with van der Waals surface area (Å²) in [7, 11) is 0. The van der Waals surface area contributed by atoms with Gasteiger partial charge in [-0.25, -0.2) is 0 Å². The maximum atomic E-state index is 2.47. The highest BCUT2D eigenvalue weighted by molar-refractivity contribution is 4.71. The van der Waals surface area contributed by atoms with Gasteiger partial charge in [0.15, 0.2) is 0 Å². The Balaban J connectivity index is 2.50. The van der Waals surface area contributed by atoms with Gasteiger partial charge in [0.1, 0.15) is 0 Å². The number of hydrogen-bond donors (Lipinski definition) is 0. The van der Waals surface area contributed by atoms with E-state index >= 15 is 0 Å². The molecule has 4 atom stereocenters. The first-order valence-electron chi connectivity index (χ1n) is 7.11. The minimum Gasteiger partial charge on any atom is -0.0625 e. The van der Waals surface area contributed by atoms with Crippen molar-refractivity contribution in [1.29, 1.82) is 0 Å². The predicted molar refractivity (Wildman–Crippen MR) is 69.0 cm³/mol. The van der Waals surface area contributed by atoms with Crippen molar-refractivity contribution in [3.63, 3.8) is 0 Å². The van der Waals surface area contributed by atoms with Crippen molar-refractivity contribution in [1.82, 2.24) is 0 Å². The standard InChI is InChI=1S/C15H30/c1-12-9-7-5-6-8-10-13(2)15(4)14(3)11-12/h12-15H,5-11H2,1-4H3. The van der Waals surface area contributed by atoms with E-state index in [-0.39, 0.29) is 0 Å². The smallest absolute Gasteiger partial charge is 0.0391 e. The SMILES string of the molecule is CC1CCCCCCC(C)C(C)C(C)C1. The Labute approximate surface area is 96.8 Å². The molecule has 0 heteroatoms. The molecule has 0 aromatic carbocycles. The molecule has 0 radical (unpaired) electrons. The van der Waals surface area contributed by atoms with Crippen molar-refractivity contribution >= 4 is 0 Å². The van der Waals surface area contributed by atoms with Gasteiger partial charge in [-0.3, -0.25) is 0 Å². The highest BCUT2D eigenvalue weighted by Crippen LogP contribution is 2.31. The second-order valence-corrected chi connectivity index (χ2v) is 6.15. The monoisotopic (exact) mass is 210 g/mol. The lowest BCUT2D eigenvalue weighted by molar-refractivity contribution is 0.228. The molecule has 15 heavy (non-hydrogen) atoms. The highest BCUT2D eigenvalue weighted by atomic mass is 14.3. The van der Waals surface area contributed by atoms with Crippen LogP contribution in [0.3, 0.4) is 0 Å². The summed E-state index contributed by atoms with van der Waals surface area (Å²) < 4.78 is 0. The van der Waals surface area contributed by atoms with Gasteiger partial charge in [-0.05, 0) is 30.1 Å². The molecular formula is C15H30. The van der Waals surface area contributed by atoms with Gasteiger partial charge in [0.25, 0.3) is 0 Å². The molecule has 0 heterocycles. The third-order valence-corrected chi connectivity index (χ3v) is 4.68. The van der Waals surface area contributed by atoms with E-state index in [0.29, 0.717) is 0 Å². The average Bonchev–Trinajstić information content (AvgIpc) is 2.22. The fraction of sp³-hybridized carbons (Fsp3) is 1.00. The molecule has 1 rings (SSSR count). The van der Waals surface area contributed by atoms with Gasteiger partial charge in [-0.2, -0.15) is 0 Å². The molecule has 1 fully saturated rings. The second-order valence-electron chi connectivity index (χ2n) is 6.15. The van der Waals surface area contributed by atoms with E-state index in [2.05, 4.69) is 27.7 Å². The number of rotatable bonds is 0. The lowest BCUT2D eigenvalue weighted by atomic mass is 9.78. The molecule has 1 aliphatic rings. The molecule has 0 bridgehead atoms. The Morgan fingerprint density at radius 2 is 1.27 bits per heavy atom. The fourth-order valence-corrected chi connectivity index (χ4v) is 3.10. The van der Waals surface area contributed by atoms with E-state index in [9.17, 15) is 0 Å². The van der Waals surface area contributed by atoms with E-state index in [4.69, 9.17) is 0 Å². The first-order chi connectivity index (χ1) is 7.11. The second kappa shape index (κ2) is 6.55. The summed E-state index contributed by atoms with van der Waals surface area (Å²) in [6, 6.07) is 0. The van der Waals surface area contributed by atoms with E-state index in [1.54, 1.807) is 0 Å². The minimum atomic E-state index is 0.922. The predicted octanol–water partition coefficient (Wildman–Crippen LogP) is 5.28. The zero-order chi connectivity index (χ0) is 11.3. The van der Waals surface area contributed by atoms with Crippen molar-refractivity contribution in [3.8, 4) is 0 Å². The molecule has 0 N–H and O–H groups in total. The Bertz CT molecular complexity index is 161. The number of hydrogen-bond acceptors (Lipinski definition) is 0. The van der Waals surface area contributed by atoms with Crippen molar-refractivity contribution in [2.24, 2.45) is 23.7 Å². The zero-order valence-electron chi connectivity index (χ0n) is 11.3. The van der Waals surface area contributed by atoms with Crippen LogP contribution in [0.5, 0.6) is 0 Å².